The Balaban J connectivity index is 1.18. The summed E-state index contributed by atoms with van der Waals surface area (Å²) < 4.78 is 22.2. The highest BCUT2D eigenvalue weighted by atomic mass is 19.1. The molecule has 2 aromatic heterocycles. The third-order valence-corrected chi connectivity index (χ3v) is 6.92. The Bertz CT molecular complexity index is 1340. The lowest BCUT2D eigenvalue weighted by Gasteiger charge is -2.30. The topological polar surface area (TPSA) is 114 Å². The predicted octanol–water partition coefficient (Wildman–Crippen LogP) is 2.53. The first-order chi connectivity index (χ1) is 17.5. The number of hydrogen-bond acceptors (Lipinski definition) is 6. The Morgan fingerprint density at radius 1 is 1.11 bits per heavy atom. The lowest BCUT2D eigenvalue weighted by atomic mass is 9.96. The average molecular weight is 492 g/mol. The standard InChI is InChI=1S/C25H26FN7O3/c26-19-12-15-6-9-32(25(35)27-17-7-10-36-14-17)13-16(15)11-18(19)24(34)29-21-4-1-3-20(28-21)23-31-30-22-5-2-8-33(22)23/h1,3-4,11-12,17H,2,5-10,13-14H2,(H,27,35)(H,28,29,34). The van der Waals surface area contributed by atoms with Crippen molar-refractivity contribution in [3.05, 3.63) is 58.7 Å². The van der Waals surface area contributed by atoms with E-state index in [-0.39, 0.29) is 17.6 Å². The third-order valence-electron chi connectivity index (χ3n) is 6.92. The highest BCUT2D eigenvalue weighted by Gasteiger charge is 2.27. The van der Waals surface area contributed by atoms with Crippen LogP contribution in [0.4, 0.5) is 15.0 Å². The molecule has 1 fully saturated rings. The van der Waals surface area contributed by atoms with Crippen molar-refractivity contribution in [1.82, 2.24) is 30.0 Å². The molecule has 0 spiro atoms. The van der Waals surface area contributed by atoms with Gasteiger partial charge in [-0.25, -0.2) is 14.2 Å². The summed E-state index contributed by atoms with van der Waals surface area (Å²) in [7, 11) is 0. The normalized spacial score (nSPS) is 18.6. The van der Waals surface area contributed by atoms with Crippen LogP contribution in [0.25, 0.3) is 11.5 Å². The highest BCUT2D eigenvalue weighted by Crippen LogP contribution is 2.25. The second-order valence-corrected chi connectivity index (χ2v) is 9.34. The van der Waals surface area contributed by atoms with Crippen LogP contribution in [0.3, 0.4) is 0 Å². The number of nitrogens with zero attached hydrogens (tertiary/aromatic N) is 5. The molecule has 5 heterocycles. The fourth-order valence-corrected chi connectivity index (χ4v) is 4.99. The number of hydrogen-bond donors (Lipinski definition) is 2. The third kappa shape index (κ3) is 4.30. The van der Waals surface area contributed by atoms with Crippen LogP contribution in [0.5, 0.6) is 0 Å². The van der Waals surface area contributed by atoms with Crippen LogP contribution in [-0.4, -0.2) is 62.4 Å². The number of benzene rings is 1. The van der Waals surface area contributed by atoms with Gasteiger partial charge in [-0.15, -0.1) is 10.2 Å². The van der Waals surface area contributed by atoms with Crippen molar-refractivity contribution < 1.29 is 18.7 Å². The van der Waals surface area contributed by atoms with Crippen LogP contribution in [0.2, 0.25) is 0 Å². The number of anilines is 1. The maximum atomic E-state index is 14.9. The van der Waals surface area contributed by atoms with Crippen molar-refractivity contribution in [2.75, 3.05) is 25.1 Å². The van der Waals surface area contributed by atoms with Gasteiger partial charge in [-0.05, 0) is 54.7 Å². The molecular formula is C25H26FN7O3. The van der Waals surface area contributed by atoms with Crippen molar-refractivity contribution in [2.24, 2.45) is 0 Å². The van der Waals surface area contributed by atoms with E-state index in [1.807, 2.05) is 10.6 Å². The predicted molar refractivity (Wildman–Crippen MR) is 128 cm³/mol. The lowest BCUT2D eigenvalue weighted by Crippen LogP contribution is -2.47. The molecule has 3 amide bonds. The largest absolute Gasteiger partial charge is 0.379 e. The average Bonchev–Trinajstić information content (AvgIpc) is 3.62. The Morgan fingerprint density at radius 2 is 2.03 bits per heavy atom. The van der Waals surface area contributed by atoms with Gasteiger partial charge < -0.3 is 24.8 Å². The van der Waals surface area contributed by atoms with Crippen molar-refractivity contribution in [1.29, 1.82) is 0 Å². The molecule has 0 saturated carbocycles. The number of carbonyl (C=O) groups excluding carboxylic acids is 2. The first-order valence-electron chi connectivity index (χ1n) is 12.2. The van der Waals surface area contributed by atoms with Gasteiger partial charge in [0.05, 0.1) is 18.2 Å². The molecular weight excluding hydrogens is 465 g/mol. The fourth-order valence-electron chi connectivity index (χ4n) is 4.99. The van der Waals surface area contributed by atoms with E-state index < -0.39 is 11.7 Å². The smallest absolute Gasteiger partial charge is 0.318 e. The summed E-state index contributed by atoms with van der Waals surface area (Å²) in [6.07, 6.45) is 3.21. The molecule has 3 aliphatic heterocycles. The molecule has 1 unspecified atom stereocenters. The summed E-state index contributed by atoms with van der Waals surface area (Å²) >= 11 is 0. The molecule has 1 aromatic carbocycles. The van der Waals surface area contributed by atoms with Gasteiger partial charge in [-0.3, -0.25) is 4.79 Å². The summed E-state index contributed by atoms with van der Waals surface area (Å²) in [5, 5.41) is 14.1. The first-order valence-corrected chi connectivity index (χ1v) is 12.2. The van der Waals surface area contributed by atoms with E-state index in [4.69, 9.17) is 4.74 Å². The molecule has 0 radical (unpaired) electrons. The van der Waals surface area contributed by atoms with Gasteiger partial charge in [0.1, 0.15) is 23.2 Å². The molecule has 36 heavy (non-hydrogen) atoms. The van der Waals surface area contributed by atoms with E-state index in [1.165, 1.54) is 12.1 Å². The van der Waals surface area contributed by atoms with E-state index in [9.17, 15) is 14.0 Å². The quantitative estimate of drug-likeness (QED) is 0.580. The van der Waals surface area contributed by atoms with Crippen LogP contribution in [0.1, 0.15) is 40.2 Å². The summed E-state index contributed by atoms with van der Waals surface area (Å²) in [4.78, 5) is 31.9. The van der Waals surface area contributed by atoms with E-state index in [0.717, 1.165) is 42.8 Å². The molecule has 10 nitrogen and oxygen atoms in total. The maximum Gasteiger partial charge on any atom is 0.318 e. The number of carbonyl (C=O) groups is 2. The zero-order valence-electron chi connectivity index (χ0n) is 19.7. The van der Waals surface area contributed by atoms with Gasteiger partial charge in [0.25, 0.3) is 5.91 Å². The van der Waals surface area contributed by atoms with Crippen molar-refractivity contribution in [2.45, 2.75) is 44.8 Å². The van der Waals surface area contributed by atoms with Crippen molar-refractivity contribution in [3.63, 3.8) is 0 Å². The molecule has 1 atom stereocenters. The summed E-state index contributed by atoms with van der Waals surface area (Å²) in [6.45, 7) is 2.78. The van der Waals surface area contributed by atoms with Crippen LogP contribution < -0.4 is 10.6 Å². The minimum absolute atomic E-state index is 0.00975. The van der Waals surface area contributed by atoms with Crippen molar-refractivity contribution >= 4 is 17.8 Å². The Kier molecular flexibility index (Phi) is 5.84. The molecule has 0 aliphatic carbocycles. The van der Waals surface area contributed by atoms with E-state index >= 15 is 0 Å². The summed E-state index contributed by atoms with van der Waals surface area (Å²) in [5.74, 6) is 0.678. The number of ether oxygens (including phenoxy) is 1. The van der Waals surface area contributed by atoms with E-state index in [1.54, 1.807) is 17.0 Å². The molecule has 3 aliphatic rings. The maximum absolute atomic E-state index is 14.9. The van der Waals surface area contributed by atoms with Gasteiger partial charge in [0, 0.05) is 32.7 Å². The van der Waals surface area contributed by atoms with Crippen LogP contribution in [0, 0.1) is 5.82 Å². The number of urea groups is 1. The minimum Gasteiger partial charge on any atom is -0.379 e. The zero-order chi connectivity index (χ0) is 24.6. The first kappa shape index (κ1) is 22.6. The molecule has 3 aromatic rings. The number of nitrogens with one attached hydrogen (secondary N) is 2. The fraction of sp³-hybridized carbons (Fsp3) is 0.400. The SMILES string of the molecule is O=C(Nc1cccc(-c2nnc3n2CCC3)n1)c1cc2c(cc1F)CCN(C(=O)NC1CCOC1)C2. The lowest BCUT2D eigenvalue weighted by molar-refractivity contribution is 0.102. The molecule has 11 heteroatoms. The van der Waals surface area contributed by atoms with Crippen LogP contribution in [-0.2, 0) is 30.7 Å². The number of halogens is 1. The van der Waals surface area contributed by atoms with Crippen LogP contribution in [0.15, 0.2) is 30.3 Å². The number of pyridine rings is 1. The number of aromatic nitrogens is 4. The van der Waals surface area contributed by atoms with Crippen molar-refractivity contribution in [3.8, 4) is 11.5 Å². The van der Waals surface area contributed by atoms with Gasteiger partial charge in [-0.1, -0.05) is 6.07 Å². The zero-order valence-corrected chi connectivity index (χ0v) is 19.7. The minimum atomic E-state index is -0.601. The van der Waals surface area contributed by atoms with Crippen LogP contribution >= 0.6 is 0 Å². The molecule has 186 valence electrons. The van der Waals surface area contributed by atoms with E-state index in [2.05, 4.69) is 25.8 Å². The monoisotopic (exact) mass is 491 g/mol. The number of fused-ring (bicyclic) bond motifs is 2. The summed E-state index contributed by atoms with van der Waals surface area (Å²) in [5.41, 5.74) is 2.06. The molecule has 0 bridgehead atoms. The second-order valence-electron chi connectivity index (χ2n) is 9.34. The number of aryl methyl sites for hydroxylation is 1. The Morgan fingerprint density at radius 3 is 2.89 bits per heavy atom. The Labute approximate surface area is 206 Å². The molecule has 1 saturated heterocycles. The summed E-state index contributed by atoms with van der Waals surface area (Å²) in [6, 6.07) is 7.99. The number of amides is 3. The van der Waals surface area contributed by atoms with Gasteiger partial charge in [0.2, 0.25) is 0 Å². The Hall–Kier alpha value is -3.86. The van der Waals surface area contributed by atoms with Gasteiger partial charge in [0.15, 0.2) is 5.82 Å². The number of rotatable bonds is 4. The van der Waals surface area contributed by atoms with Gasteiger partial charge >= 0.3 is 6.03 Å². The second kappa shape index (κ2) is 9.30. The van der Waals surface area contributed by atoms with Gasteiger partial charge in [-0.2, -0.15) is 0 Å². The molecule has 2 N–H and O–H groups in total. The highest BCUT2D eigenvalue weighted by molar-refractivity contribution is 6.04. The van der Waals surface area contributed by atoms with E-state index in [0.29, 0.717) is 50.1 Å². The molecule has 6 rings (SSSR count).